The van der Waals surface area contributed by atoms with Crippen molar-refractivity contribution < 1.29 is 0 Å². The van der Waals surface area contributed by atoms with Crippen molar-refractivity contribution in [3.05, 3.63) is 36.3 Å². The molecule has 0 unspecified atom stereocenters. The van der Waals surface area contributed by atoms with Crippen LogP contribution in [0.15, 0.2) is 30.6 Å². The van der Waals surface area contributed by atoms with Gasteiger partial charge in [-0.1, -0.05) is 6.07 Å². The molecule has 2 aromatic rings. The van der Waals surface area contributed by atoms with Gasteiger partial charge in [0.2, 0.25) is 0 Å². The molecule has 18 heavy (non-hydrogen) atoms. The Labute approximate surface area is 107 Å². The van der Waals surface area contributed by atoms with Gasteiger partial charge >= 0.3 is 0 Å². The zero-order valence-corrected chi connectivity index (χ0v) is 10.6. The summed E-state index contributed by atoms with van der Waals surface area (Å²) < 4.78 is 2.01. The largest absolute Gasteiger partial charge is 0.317 e. The van der Waals surface area contributed by atoms with E-state index in [1.54, 1.807) is 0 Å². The minimum Gasteiger partial charge on any atom is -0.317 e. The van der Waals surface area contributed by atoms with Crippen LogP contribution in [-0.4, -0.2) is 27.9 Å². The lowest BCUT2D eigenvalue weighted by atomic mass is 9.91. The highest BCUT2D eigenvalue weighted by molar-refractivity contribution is 5.61. The SMILES string of the molecule is Cn1ncc(-c2ccccn2)c1C1CCNCC1. The maximum atomic E-state index is 4.45. The Kier molecular flexibility index (Phi) is 3.11. The lowest BCUT2D eigenvalue weighted by Gasteiger charge is -2.23. The van der Waals surface area contributed by atoms with Gasteiger partial charge in [-0.2, -0.15) is 5.10 Å². The normalized spacial score (nSPS) is 16.9. The van der Waals surface area contributed by atoms with Gasteiger partial charge in [-0.05, 0) is 38.1 Å². The van der Waals surface area contributed by atoms with Crippen molar-refractivity contribution in [3.63, 3.8) is 0 Å². The van der Waals surface area contributed by atoms with Gasteiger partial charge in [-0.3, -0.25) is 9.67 Å². The van der Waals surface area contributed by atoms with Gasteiger partial charge < -0.3 is 5.32 Å². The average Bonchev–Trinajstić information content (AvgIpc) is 2.83. The third-order valence-electron chi connectivity index (χ3n) is 3.65. The van der Waals surface area contributed by atoms with Crippen LogP contribution in [0.5, 0.6) is 0 Å². The molecule has 0 radical (unpaired) electrons. The summed E-state index contributed by atoms with van der Waals surface area (Å²) >= 11 is 0. The number of hydrogen-bond donors (Lipinski definition) is 1. The molecule has 2 aromatic heterocycles. The fourth-order valence-electron chi connectivity index (χ4n) is 2.75. The van der Waals surface area contributed by atoms with E-state index in [0.29, 0.717) is 5.92 Å². The van der Waals surface area contributed by atoms with Crippen molar-refractivity contribution in [3.8, 4) is 11.3 Å². The van der Waals surface area contributed by atoms with Gasteiger partial charge in [0.05, 0.1) is 17.6 Å². The number of hydrogen-bond acceptors (Lipinski definition) is 3. The molecule has 0 amide bonds. The Morgan fingerprint density at radius 3 is 2.83 bits per heavy atom. The van der Waals surface area contributed by atoms with E-state index in [9.17, 15) is 0 Å². The molecule has 0 bridgehead atoms. The Morgan fingerprint density at radius 1 is 1.28 bits per heavy atom. The van der Waals surface area contributed by atoms with E-state index in [4.69, 9.17) is 0 Å². The summed E-state index contributed by atoms with van der Waals surface area (Å²) in [5.74, 6) is 0.593. The van der Waals surface area contributed by atoms with E-state index in [-0.39, 0.29) is 0 Å². The lowest BCUT2D eigenvalue weighted by molar-refractivity contribution is 0.440. The quantitative estimate of drug-likeness (QED) is 0.875. The summed E-state index contributed by atoms with van der Waals surface area (Å²) in [7, 11) is 2.03. The Morgan fingerprint density at radius 2 is 2.11 bits per heavy atom. The standard InChI is InChI=1S/C14H18N4/c1-18-14(11-5-8-15-9-6-11)12(10-17-18)13-4-2-3-7-16-13/h2-4,7,10-11,15H,5-6,8-9H2,1H3. The predicted octanol–water partition coefficient (Wildman–Crippen LogP) is 1.95. The fraction of sp³-hybridized carbons (Fsp3) is 0.429. The van der Waals surface area contributed by atoms with Crippen molar-refractivity contribution in [2.75, 3.05) is 13.1 Å². The first-order valence-electron chi connectivity index (χ1n) is 6.50. The second-order valence-electron chi connectivity index (χ2n) is 4.81. The first-order chi connectivity index (χ1) is 8.86. The molecular formula is C14H18N4. The molecule has 4 heteroatoms. The number of aryl methyl sites for hydroxylation is 1. The molecule has 0 saturated carbocycles. The van der Waals surface area contributed by atoms with Gasteiger partial charge in [0.1, 0.15) is 0 Å². The first-order valence-corrected chi connectivity index (χ1v) is 6.50. The number of aromatic nitrogens is 3. The zero-order valence-electron chi connectivity index (χ0n) is 10.6. The maximum absolute atomic E-state index is 4.45. The highest BCUT2D eigenvalue weighted by Crippen LogP contribution is 2.32. The summed E-state index contributed by atoms with van der Waals surface area (Å²) in [6.07, 6.45) is 6.15. The summed E-state index contributed by atoms with van der Waals surface area (Å²) in [4.78, 5) is 4.45. The molecule has 0 atom stereocenters. The molecule has 1 aliphatic rings. The molecule has 0 aromatic carbocycles. The third kappa shape index (κ3) is 2.04. The monoisotopic (exact) mass is 242 g/mol. The molecule has 1 saturated heterocycles. The Bertz CT molecular complexity index is 512. The van der Waals surface area contributed by atoms with Crippen LogP contribution in [0.2, 0.25) is 0 Å². The molecule has 0 spiro atoms. The van der Waals surface area contributed by atoms with Crippen molar-refractivity contribution >= 4 is 0 Å². The molecule has 3 rings (SSSR count). The van der Waals surface area contributed by atoms with E-state index in [1.807, 2.05) is 36.3 Å². The molecular weight excluding hydrogens is 224 g/mol. The lowest BCUT2D eigenvalue weighted by Crippen LogP contribution is -2.27. The maximum Gasteiger partial charge on any atom is 0.0736 e. The van der Waals surface area contributed by atoms with Crippen LogP contribution in [0.25, 0.3) is 11.3 Å². The zero-order chi connectivity index (χ0) is 12.4. The minimum absolute atomic E-state index is 0.593. The molecule has 94 valence electrons. The van der Waals surface area contributed by atoms with Crippen molar-refractivity contribution in [1.29, 1.82) is 0 Å². The summed E-state index contributed by atoms with van der Waals surface area (Å²) in [6.45, 7) is 2.19. The van der Waals surface area contributed by atoms with E-state index in [2.05, 4.69) is 21.5 Å². The first kappa shape index (κ1) is 11.4. The van der Waals surface area contributed by atoms with Gasteiger partial charge in [0.15, 0.2) is 0 Å². The predicted molar refractivity (Wildman–Crippen MR) is 71.3 cm³/mol. The van der Waals surface area contributed by atoms with E-state index < -0.39 is 0 Å². The van der Waals surface area contributed by atoms with Crippen LogP contribution in [0.1, 0.15) is 24.5 Å². The minimum atomic E-state index is 0.593. The second kappa shape index (κ2) is 4.90. The third-order valence-corrected chi connectivity index (χ3v) is 3.65. The van der Waals surface area contributed by atoms with Crippen LogP contribution in [-0.2, 0) is 7.05 Å². The van der Waals surface area contributed by atoms with E-state index in [0.717, 1.165) is 18.8 Å². The molecule has 3 heterocycles. The summed E-state index contributed by atoms with van der Waals surface area (Å²) in [6, 6.07) is 6.03. The molecule has 4 nitrogen and oxygen atoms in total. The molecule has 1 aliphatic heterocycles. The summed E-state index contributed by atoms with van der Waals surface area (Å²) in [5, 5.41) is 7.83. The fourth-order valence-corrected chi connectivity index (χ4v) is 2.75. The van der Waals surface area contributed by atoms with Gasteiger partial charge in [0.25, 0.3) is 0 Å². The number of nitrogens with one attached hydrogen (secondary N) is 1. The van der Waals surface area contributed by atoms with Crippen LogP contribution >= 0.6 is 0 Å². The topological polar surface area (TPSA) is 42.7 Å². The van der Waals surface area contributed by atoms with E-state index in [1.165, 1.54) is 24.1 Å². The highest BCUT2D eigenvalue weighted by atomic mass is 15.3. The summed E-state index contributed by atoms with van der Waals surface area (Å²) in [5.41, 5.74) is 3.54. The van der Waals surface area contributed by atoms with Crippen molar-refractivity contribution in [2.45, 2.75) is 18.8 Å². The van der Waals surface area contributed by atoms with Gasteiger partial charge in [-0.25, -0.2) is 0 Å². The van der Waals surface area contributed by atoms with Gasteiger partial charge in [0, 0.05) is 24.7 Å². The number of pyridine rings is 1. The molecule has 1 N–H and O–H groups in total. The van der Waals surface area contributed by atoms with Crippen molar-refractivity contribution in [2.24, 2.45) is 7.05 Å². The van der Waals surface area contributed by atoms with Gasteiger partial charge in [-0.15, -0.1) is 0 Å². The highest BCUT2D eigenvalue weighted by Gasteiger charge is 2.22. The van der Waals surface area contributed by atoms with Crippen molar-refractivity contribution in [1.82, 2.24) is 20.1 Å². The average molecular weight is 242 g/mol. The molecule has 1 fully saturated rings. The second-order valence-corrected chi connectivity index (χ2v) is 4.81. The van der Waals surface area contributed by atoms with Crippen LogP contribution in [0.4, 0.5) is 0 Å². The Hall–Kier alpha value is -1.68. The Balaban J connectivity index is 2.01. The smallest absolute Gasteiger partial charge is 0.0736 e. The number of piperidine rings is 1. The van der Waals surface area contributed by atoms with E-state index >= 15 is 0 Å². The number of rotatable bonds is 2. The number of nitrogens with zero attached hydrogens (tertiary/aromatic N) is 3. The van der Waals surface area contributed by atoms with Crippen LogP contribution in [0.3, 0.4) is 0 Å². The van der Waals surface area contributed by atoms with Crippen LogP contribution < -0.4 is 5.32 Å². The van der Waals surface area contributed by atoms with Crippen LogP contribution in [0, 0.1) is 0 Å². The molecule has 0 aliphatic carbocycles.